The molecule has 1 aromatic carbocycles. The van der Waals surface area contributed by atoms with E-state index < -0.39 is 27.8 Å². The topological polar surface area (TPSA) is 83.9 Å². The summed E-state index contributed by atoms with van der Waals surface area (Å²) in [6.45, 7) is 2.32. The van der Waals surface area contributed by atoms with Crippen molar-refractivity contribution >= 4 is 15.8 Å². The van der Waals surface area contributed by atoms with E-state index in [1.54, 1.807) is 24.3 Å². The first-order valence-electron chi connectivity index (χ1n) is 9.11. The molecule has 4 rings (SSSR count). The lowest BCUT2D eigenvalue weighted by atomic mass is 9.78. The molecule has 3 fully saturated rings. The Kier molecular flexibility index (Phi) is 5.69. The fourth-order valence-corrected chi connectivity index (χ4v) is 4.73. The second-order valence-corrected chi connectivity index (χ2v) is 9.83. The Balaban J connectivity index is 1.85. The number of ether oxygens (including phenoxy) is 1. The molecule has 3 aliphatic rings. The molecule has 1 N–H and O–H groups in total. The number of esters is 1. The van der Waals surface area contributed by atoms with Gasteiger partial charge in [0.05, 0.1) is 12.4 Å². The van der Waals surface area contributed by atoms with Crippen molar-refractivity contribution in [1.82, 2.24) is 4.90 Å². The number of benzene rings is 1. The van der Waals surface area contributed by atoms with Crippen LogP contribution in [0.3, 0.4) is 0 Å². The fourth-order valence-electron chi connectivity index (χ4n) is 4.01. The lowest BCUT2D eigenvalue weighted by Gasteiger charge is -2.45. The molecule has 0 spiro atoms. The summed E-state index contributed by atoms with van der Waals surface area (Å²) < 4.78 is 29.3. The van der Waals surface area contributed by atoms with Gasteiger partial charge in [0.1, 0.15) is 21.4 Å². The average Bonchev–Trinajstić information content (AvgIpc) is 2.64. The van der Waals surface area contributed by atoms with Gasteiger partial charge in [0.15, 0.2) is 0 Å². The number of piperidine rings is 3. The Hall–Kier alpha value is -1.44. The van der Waals surface area contributed by atoms with Crippen molar-refractivity contribution in [2.75, 3.05) is 38.2 Å². The number of rotatable bonds is 7. The summed E-state index contributed by atoms with van der Waals surface area (Å²) in [5.41, 5.74) is -0.756. The van der Waals surface area contributed by atoms with Gasteiger partial charge >= 0.3 is 5.97 Å². The number of hydrogen-bond donors (Lipinski definition) is 1. The standard InChI is InChI=1S/C19H27NO5S/c1-26(23,24)12-9-19(14-21,16-5-3-2-4-6-16)18(22)25-17-13-20-10-7-15(17)8-11-20/h2-6,15,17,21H,7-14H2,1H3. The second kappa shape index (κ2) is 7.66. The van der Waals surface area contributed by atoms with E-state index in [4.69, 9.17) is 4.74 Å². The molecule has 26 heavy (non-hydrogen) atoms. The van der Waals surface area contributed by atoms with E-state index in [2.05, 4.69) is 4.90 Å². The summed E-state index contributed by atoms with van der Waals surface area (Å²) in [5, 5.41) is 10.2. The highest BCUT2D eigenvalue weighted by Gasteiger charge is 2.45. The van der Waals surface area contributed by atoms with E-state index in [1.807, 2.05) is 6.07 Å². The van der Waals surface area contributed by atoms with Crippen molar-refractivity contribution in [3.05, 3.63) is 35.9 Å². The van der Waals surface area contributed by atoms with Gasteiger partial charge in [-0.25, -0.2) is 8.42 Å². The molecule has 2 bridgehead atoms. The third-order valence-corrected chi connectivity index (χ3v) is 6.69. The van der Waals surface area contributed by atoms with Gasteiger partial charge in [-0.3, -0.25) is 9.69 Å². The van der Waals surface area contributed by atoms with Crippen LogP contribution in [0.15, 0.2) is 30.3 Å². The molecule has 6 nitrogen and oxygen atoms in total. The minimum Gasteiger partial charge on any atom is -0.460 e. The first-order chi connectivity index (χ1) is 12.3. The van der Waals surface area contributed by atoms with E-state index in [0.717, 1.165) is 38.7 Å². The van der Waals surface area contributed by atoms with Crippen LogP contribution in [-0.4, -0.2) is 68.7 Å². The number of nitrogens with zero attached hydrogens (tertiary/aromatic N) is 1. The van der Waals surface area contributed by atoms with Crippen molar-refractivity contribution in [3.8, 4) is 0 Å². The molecule has 3 heterocycles. The van der Waals surface area contributed by atoms with Crippen LogP contribution in [0.2, 0.25) is 0 Å². The maximum Gasteiger partial charge on any atom is 0.319 e. The summed E-state index contributed by atoms with van der Waals surface area (Å²) in [4.78, 5) is 15.5. The molecule has 3 aliphatic heterocycles. The van der Waals surface area contributed by atoms with E-state index >= 15 is 0 Å². The third-order valence-electron chi connectivity index (χ3n) is 5.74. The average molecular weight is 381 g/mol. The molecule has 0 aliphatic carbocycles. The molecule has 3 saturated heterocycles. The monoisotopic (exact) mass is 381 g/mol. The Morgan fingerprint density at radius 1 is 1.27 bits per heavy atom. The van der Waals surface area contributed by atoms with Gasteiger partial charge in [-0.1, -0.05) is 30.3 Å². The molecule has 0 aromatic heterocycles. The number of aliphatic hydroxyl groups is 1. The van der Waals surface area contributed by atoms with Crippen LogP contribution in [0.1, 0.15) is 24.8 Å². The Morgan fingerprint density at radius 2 is 1.92 bits per heavy atom. The van der Waals surface area contributed by atoms with Crippen LogP contribution >= 0.6 is 0 Å². The van der Waals surface area contributed by atoms with Crippen LogP contribution in [0, 0.1) is 5.92 Å². The predicted octanol–water partition coefficient (Wildman–Crippen LogP) is 0.989. The first kappa shape index (κ1) is 19.3. The van der Waals surface area contributed by atoms with Crippen molar-refractivity contribution in [2.45, 2.75) is 30.8 Å². The summed E-state index contributed by atoms with van der Waals surface area (Å²) in [6.07, 6.45) is 2.99. The van der Waals surface area contributed by atoms with Gasteiger partial charge in [-0.2, -0.15) is 0 Å². The second-order valence-electron chi connectivity index (χ2n) is 7.57. The zero-order chi connectivity index (χ0) is 18.8. The minimum atomic E-state index is -3.28. The van der Waals surface area contributed by atoms with Crippen LogP contribution < -0.4 is 0 Å². The first-order valence-corrected chi connectivity index (χ1v) is 11.2. The van der Waals surface area contributed by atoms with Gasteiger partial charge in [-0.15, -0.1) is 0 Å². The van der Waals surface area contributed by atoms with E-state index in [1.165, 1.54) is 0 Å². The highest BCUT2D eigenvalue weighted by Crippen LogP contribution is 2.34. The van der Waals surface area contributed by atoms with Gasteiger partial charge in [0.2, 0.25) is 0 Å². The number of sulfone groups is 1. The number of hydrogen-bond acceptors (Lipinski definition) is 6. The molecule has 0 saturated carbocycles. The fraction of sp³-hybridized carbons (Fsp3) is 0.632. The molecule has 2 atom stereocenters. The zero-order valence-corrected chi connectivity index (χ0v) is 16.0. The largest absolute Gasteiger partial charge is 0.460 e. The Labute approximate surface area is 155 Å². The zero-order valence-electron chi connectivity index (χ0n) is 15.1. The normalized spacial score (nSPS) is 27.7. The summed E-state index contributed by atoms with van der Waals surface area (Å²) in [6, 6.07) is 8.87. The van der Waals surface area contributed by atoms with E-state index in [-0.39, 0.29) is 18.3 Å². The number of carbonyl (C=O) groups excluding carboxylic acids is 1. The summed E-state index contributed by atoms with van der Waals surface area (Å²) in [7, 11) is -3.28. The van der Waals surface area contributed by atoms with E-state index in [9.17, 15) is 18.3 Å². The van der Waals surface area contributed by atoms with Crippen LogP contribution in [-0.2, 0) is 24.8 Å². The van der Waals surface area contributed by atoms with E-state index in [0.29, 0.717) is 11.5 Å². The van der Waals surface area contributed by atoms with Gasteiger partial charge in [0, 0.05) is 12.8 Å². The maximum atomic E-state index is 13.2. The van der Waals surface area contributed by atoms with Crippen LogP contribution in [0.5, 0.6) is 0 Å². The molecular weight excluding hydrogens is 354 g/mol. The molecule has 0 amide bonds. The van der Waals surface area contributed by atoms with Gasteiger partial charge in [0.25, 0.3) is 0 Å². The Bertz CT molecular complexity index is 728. The molecule has 2 unspecified atom stereocenters. The molecule has 1 aromatic rings. The summed E-state index contributed by atoms with van der Waals surface area (Å²) >= 11 is 0. The quantitative estimate of drug-likeness (QED) is 0.709. The maximum absolute atomic E-state index is 13.2. The van der Waals surface area contributed by atoms with Gasteiger partial charge in [-0.05, 0) is 43.8 Å². The number of aliphatic hydroxyl groups excluding tert-OH is 1. The lowest BCUT2D eigenvalue weighted by Crippen LogP contribution is -2.54. The molecular formula is C19H27NO5S. The number of fused-ring (bicyclic) bond motifs is 3. The summed E-state index contributed by atoms with van der Waals surface area (Å²) in [5.74, 6) is -0.350. The van der Waals surface area contributed by atoms with Crippen LogP contribution in [0.4, 0.5) is 0 Å². The van der Waals surface area contributed by atoms with Crippen molar-refractivity contribution < 1.29 is 23.1 Å². The Morgan fingerprint density at radius 3 is 2.42 bits per heavy atom. The minimum absolute atomic E-state index is 0.00623. The van der Waals surface area contributed by atoms with Crippen molar-refractivity contribution in [2.24, 2.45) is 5.92 Å². The highest BCUT2D eigenvalue weighted by molar-refractivity contribution is 7.90. The molecule has 7 heteroatoms. The molecule has 0 radical (unpaired) electrons. The third kappa shape index (κ3) is 4.10. The van der Waals surface area contributed by atoms with Crippen molar-refractivity contribution in [1.29, 1.82) is 0 Å². The van der Waals surface area contributed by atoms with Crippen LogP contribution in [0.25, 0.3) is 0 Å². The highest BCUT2D eigenvalue weighted by atomic mass is 32.2. The van der Waals surface area contributed by atoms with Gasteiger partial charge < -0.3 is 9.84 Å². The smallest absolute Gasteiger partial charge is 0.319 e. The predicted molar refractivity (Wildman–Crippen MR) is 98.6 cm³/mol. The molecule has 144 valence electrons. The van der Waals surface area contributed by atoms with Crippen molar-refractivity contribution in [3.63, 3.8) is 0 Å². The lowest BCUT2D eigenvalue weighted by molar-refractivity contribution is -0.167. The number of carbonyl (C=O) groups is 1. The SMILES string of the molecule is CS(=O)(=O)CCC(CO)(C(=O)OC1CN2CCC1CC2)c1ccccc1.